The van der Waals surface area contributed by atoms with Gasteiger partial charge < -0.3 is 16.0 Å². The van der Waals surface area contributed by atoms with Crippen LogP contribution in [0.5, 0.6) is 0 Å². The van der Waals surface area contributed by atoms with Gasteiger partial charge in [0.1, 0.15) is 0 Å². The molecular weight excluding hydrogens is 262 g/mol. The highest BCUT2D eigenvalue weighted by Gasteiger charge is 2.11. The maximum Gasteiger partial charge on any atom is 0.243 e. The molecule has 0 saturated heterocycles. The van der Waals surface area contributed by atoms with Gasteiger partial charge in [-0.1, -0.05) is 25.1 Å². The summed E-state index contributed by atoms with van der Waals surface area (Å²) in [6, 6.07) is 17.1. The van der Waals surface area contributed by atoms with E-state index in [1.165, 1.54) is 0 Å². The zero-order valence-corrected chi connectivity index (χ0v) is 12.3. The van der Waals surface area contributed by atoms with Gasteiger partial charge in [-0.3, -0.25) is 4.79 Å². The predicted molar refractivity (Wildman–Crippen MR) is 88.4 cm³/mol. The summed E-state index contributed by atoms with van der Waals surface area (Å²) >= 11 is 0. The van der Waals surface area contributed by atoms with Crippen molar-refractivity contribution >= 4 is 23.0 Å². The third kappa shape index (κ3) is 4.53. The van der Waals surface area contributed by atoms with E-state index in [0.717, 1.165) is 30.0 Å². The highest BCUT2D eigenvalue weighted by atomic mass is 16.2. The molecule has 0 aliphatic carbocycles. The Bertz CT molecular complexity index is 566. The number of nitrogens with zero attached hydrogens (tertiary/aromatic N) is 1. The summed E-state index contributed by atoms with van der Waals surface area (Å²) in [5.41, 5.74) is 8.26. The van der Waals surface area contributed by atoms with Crippen LogP contribution < -0.4 is 16.0 Å². The van der Waals surface area contributed by atoms with Gasteiger partial charge in [0.05, 0.1) is 6.54 Å². The number of carbonyl (C=O) groups is 1. The number of nitrogens with one attached hydrogen (secondary N) is 1. The Morgan fingerprint density at radius 3 is 2.38 bits per heavy atom. The first-order valence-electron chi connectivity index (χ1n) is 7.14. The van der Waals surface area contributed by atoms with Gasteiger partial charge in [0, 0.05) is 23.6 Å². The molecule has 0 atom stereocenters. The van der Waals surface area contributed by atoms with E-state index in [4.69, 9.17) is 5.73 Å². The standard InChI is InChI=1S/C17H21N3O/c1-2-12-20(16-10-8-14(18)9-11-16)13-17(21)19-15-6-4-3-5-7-15/h3-11H,2,12-13,18H2,1H3,(H,19,21). The fourth-order valence-electron chi connectivity index (χ4n) is 2.15. The van der Waals surface area contributed by atoms with Crippen molar-refractivity contribution in [1.82, 2.24) is 0 Å². The van der Waals surface area contributed by atoms with Crippen LogP contribution in [0.1, 0.15) is 13.3 Å². The number of nitrogen functional groups attached to an aromatic ring is 1. The molecule has 3 N–H and O–H groups in total. The number of benzene rings is 2. The maximum absolute atomic E-state index is 12.2. The van der Waals surface area contributed by atoms with Gasteiger partial charge in [-0.15, -0.1) is 0 Å². The van der Waals surface area contributed by atoms with E-state index in [1.807, 2.05) is 54.6 Å². The normalized spacial score (nSPS) is 10.1. The van der Waals surface area contributed by atoms with Gasteiger partial charge in [0.15, 0.2) is 0 Å². The molecule has 4 heteroatoms. The summed E-state index contributed by atoms with van der Waals surface area (Å²) in [6.45, 7) is 3.25. The largest absolute Gasteiger partial charge is 0.399 e. The van der Waals surface area contributed by atoms with Crippen LogP contribution >= 0.6 is 0 Å². The monoisotopic (exact) mass is 283 g/mol. The number of amides is 1. The van der Waals surface area contributed by atoms with Gasteiger partial charge in [-0.2, -0.15) is 0 Å². The van der Waals surface area contributed by atoms with E-state index >= 15 is 0 Å². The molecule has 0 aliphatic rings. The molecule has 0 radical (unpaired) electrons. The molecule has 2 aromatic rings. The van der Waals surface area contributed by atoms with E-state index in [0.29, 0.717) is 6.54 Å². The number of carbonyl (C=O) groups excluding carboxylic acids is 1. The Balaban J connectivity index is 2.02. The zero-order chi connectivity index (χ0) is 15.1. The predicted octanol–water partition coefficient (Wildman–Crippen LogP) is 3.12. The van der Waals surface area contributed by atoms with Crippen LogP contribution in [0, 0.1) is 0 Å². The smallest absolute Gasteiger partial charge is 0.243 e. The minimum absolute atomic E-state index is 0.0218. The molecule has 2 aromatic carbocycles. The number of rotatable bonds is 6. The van der Waals surface area contributed by atoms with Gasteiger partial charge in [-0.25, -0.2) is 0 Å². The highest BCUT2D eigenvalue weighted by molar-refractivity contribution is 5.94. The van der Waals surface area contributed by atoms with Gasteiger partial charge in [0.2, 0.25) is 5.91 Å². The van der Waals surface area contributed by atoms with Gasteiger partial charge in [0.25, 0.3) is 0 Å². The van der Waals surface area contributed by atoms with E-state index in [-0.39, 0.29) is 5.91 Å². The van der Waals surface area contributed by atoms with E-state index in [9.17, 15) is 4.79 Å². The molecule has 0 spiro atoms. The fourth-order valence-corrected chi connectivity index (χ4v) is 2.15. The average molecular weight is 283 g/mol. The third-order valence-electron chi connectivity index (χ3n) is 3.14. The lowest BCUT2D eigenvalue weighted by atomic mass is 10.2. The Labute approximate surface area is 125 Å². The van der Waals surface area contributed by atoms with Crippen LogP contribution in [0.2, 0.25) is 0 Å². The van der Waals surface area contributed by atoms with E-state index < -0.39 is 0 Å². The molecule has 1 amide bonds. The first-order valence-corrected chi connectivity index (χ1v) is 7.14. The molecule has 2 rings (SSSR count). The van der Waals surface area contributed by atoms with Crippen molar-refractivity contribution in [2.75, 3.05) is 29.0 Å². The van der Waals surface area contributed by atoms with E-state index in [2.05, 4.69) is 17.1 Å². The Kier molecular flexibility index (Phi) is 5.21. The topological polar surface area (TPSA) is 58.4 Å². The zero-order valence-electron chi connectivity index (χ0n) is 12.3. The molecule has 21 heavy (non-hydrogen) atoms. The summed E-state index contributed by atoms with van der Waals surface area (Å²) in [7, 11) is 0. The summed E-state index contributed by atoms with van der Waals surface area (Å²) in [4.78, 5) is 14.2. The summed E-state index contributed by atoms with van der Waals surface area (Å²) in [6.07, 6.45) is 0.975. The van der Waals surface area contributed by atoms with Crippen molar-refractivity contribution < 1.29 is 4.79 Å². The second kappa shape index (κ2) is 7.33. The molecule has 0 aromatic heterocycles. The number of hydrogen-bond acceptors (Lipinski definition) is 3. The minimum atomic E-state index is -0.0218. The van der Waals surface area contributed by atoms with Crippen LogP contribution in [0.3, 0.4) is 0 Å². The highest BCUT2D eigenvalue weighted by Crippen LogP contribution is 2.17. The number of para-hydroxylation sites is 1. The lowest BCUT2D eigenvalue weighted by Gasteiger charge is -2.23. The summed E-state index contributed by atoms with van der Waals surface area (Å²) < 4.78 is 0. The lowest BCUT2D eigenvalue weighted by Crippen LogP contribution is -2.33. The van der Waals surface area contributed by atoms with Crippen LogP contribution in [-0.4, -0.2) is 19.0 Å². The average Bonchev–Trinajstić information content (AvgIpc) is 2.48. The Hall–Kier alpha value is -2.49. The summed E-state index contributed by atoms with van der Waals surface area (Å²) in [5.74, 6) is -0.0218. The second-order valence-electron chi connectivity index (χ2n) is 4.93. The Morgan fingerprint density at radius 1 is 1.10 bits per heavy atom. The van der Waals surface area contributed by atoms with Gasteiger partial charge in [-0.05, 0) is 42.8 Å². The van der Waals surface area contributed by atoms with Gasteiger partial charge >= 0.3 is 0 Å². The maximum atomic E-state index is 12.2. The third-order valence-corrected chi connectivity index (χ3v) is 3.14. The van der Waals surface area contributed by atoms with Crippen molar-refractivity contribution in [3.63, 3.8) is 0 Å². The fraction of sp³-hybridized carbons (Fsp3) is 0.235. The molecule has 0 heterocycles. The number of nitrogens with two attached hydrogens (primary N) is 1. The van der Waals surface area contributed by atoms with Crippen molar-refractivity contribution in [1.29, 1.82) is 0 Å². The first-order chi connectivity index (χ1) is 10.2. The molecule has 0 bridgehead atoms. The van der Waals surface area contributed by atoms with Crippen molar-refractivity contribution in [3.05, 3.63) is 54.6 Å². The molecule has 0 saturated carbocycles. The molecule has 4 nitrogen and oxygen atoms in total. The van der Waals surface area contributed by atoms with Crippen LogP contribution in [0.25, 0.3) is 0 Å². The molecule has 0 fully saturated rings. The molecular formula is C17H21N3O. The first kappa shape index (κ1) is 14.9. The van der Waals surface area contributed by atoms with Crippen molar-refractivity contribution in [2.45, 2.75) is 13.3 Å². The quantitative estimate of drug-likeness (QED) is 0.801. The van der Waals surface area contributed by atoms with Crippen molar-refractivity contribution in [3.8, 4) is 0 Å². The number of hydrogen-bond donors (Lipinski definition) is 2. The SMILES string of the molecule is CCCN(CC(=O)Nc1ccccc1)c1ccc(N)cc1. The molecule has 0 unspecified atom stereocenters. The van der Waals surface area contributed by atoms with E-state index in [1.54, 1.807) is 0 Å². The van der Waals surface area contributed by atoms with Crippen LogP contribution in [0.15, 0.2) is 54.6 Å². The lowest BCUT2D eigenvalue weighted by molar-refractivity contribution is -0.115. The van der Waals surface area contributed by atoms with Crippen LogP contribution in [-0.2, 0) is 4.79 Å². The number of anilines is 3. The molecule has 0 aliphatic heterocycles. The Morgan fingerprint density at radius 2 is 1.76 bits per heavy atom. The second-order valence-corrected chi connectivity index (χ2v) is 4.93. The molecule has 110 valence electrons. The van der Waals surface area contributed by atoms with Crippen molar-refractivity contribution in [2.24, 2.45) is 0 Å². The summed E-state index contributed by atoms with van der Waals surface area (Å²) in [5, 5.41) is 2.91. The minimum Gasteiger partial charge on any atom is -0.399 e. The van der Waals surface area contributed by atoms with Crippen LogP contribution in [0.4, 0.5) is 17.1 Å².